The Bertz CT molecular complexity index is 519. The van der Waals surface area contributed by atoms with Gasteiger partial charge in [0.2, 0.25) is 0 Å². The molecule has 0 unspecified atom stereocenters. The molecule has 82 valence electrons. The van der Waals surface area contributed by atoms with Gasteiger partial charge < -0.3 is 11.1 Å². The van der Waals surface area contributed by atoms with E-state index in [4.69, 9.17) is 5.73 Å². The highest BCUT2D eigenvalue weighted by Gasteiger charge is 2.10. The van der Waals surface area contributed by atoms with Gasteiger partial charge in [-0.25, -0.2) is 0 Å². The molecule has 6 nitrogen and oxygen atoms in total. The lowest BCUT2D eigenvalue weighted by atomic mass is 10.3. The van der Waals surface area contributed by atoms with Crippen molar-refractivity contribution in [2.24, 2.45) is 7.05 Å². The third kappa shape index (κ3) is 2.00. The largest absolute Gasteiger partial charge is 0.396 e. The van der Waals surface area contributed by atoms with Gasteiger partial charge in [0, 0.05) is 19.4 Å². The van der Waals surface area contributed by atoms with Gasteiger partial charge in [0.1, 0.15) is 0 Å². The van der Waals surface area contributed by atoms with Gasteiger partial charge in [0.25, 0.3) is 5.91 Å². The van der Waals surface area contributed by atoms with E-state index in [1.54, 1.807) is 36.3 Å². The van der Waals surface area contributed by atoms with Crippen LogP contribution < -0.4 is 11.1 Å². The lowest BCUT2D eigenvalue weighted by Crippen LogP contribution is -2.14. The second-order valence-corrected chi connectivity index (χ2v) is 3.29. The maximum atomic E-state index is 11.7. The molecule has 0 fully saturated rings. The number of aryl methyl sites for hydroxylation is 1. The molecule has 0 aliphatic heterocycles. The predicted molar refractivity (Wildman–Crippen MR) is 59.8 cm³/mol. The molecule has 2 rings (SSSR count). The molecule has 16 heavy (non-hydrogen) atoms. The van der Waals surface area contributed by atoms with E-state index in [0.717, 1.165) is 0 Å². The minimum Gasteiger partial charge on any atom is -0.396 e. The monoisotopic (exact) mass is 217 g/mol. The smallest absolute Gasteiger partial charge is 0.276 e. The maximum absolute atomic E-state index is 11.7. The molecule has 0 aliphatic carbocycles. The van der Waals surface area contributed by atoms with Gasteiger partial charge in [-0.15, -0.1) is 0 Å². The van der Waals surface area contributed by atoms with Crippen LogP contribution in [0.5, 0.6) is 0 Å². The van der Waals surface area contributed by atoms with E-state index < -0.39 is 0 Å². The first-order chi connectivity index (χ1) is 7.66. The van der Waals surface area contributed by atoms with Gasteiger partial charge >= 0.3 is 0 Å². The van der Waals surface area contributed by atoms with E-state index >= 15 is 0 Å². The number of carbonyl (C=O) groups is 1. The molecule has 2 aromatic rings. The zero-order chi connectivity index (χ0) is 11.5. The van der Waals surface area contributed by atoms with Gasteiger partial charge in [0.15, 0.2) is 5.69 Å². The molecule has 0 spiro atoms. The lowest BCUT2D eigenvalue weighted by Gasteiger charge is -2.05. The summed E-state index contributed by atoms with van der Waals surface area (Å²) in [6, 6.07) is 3.27. The van der Waals surface area contributed by atoms with Gasteiger partial charge in [0.05, 0.1) is 17.6 Å². The second kappa shape index (κ2) is 4.01. The maximum Gasteiger partial charge on any atom is 0.276 e. The molecule has 2 aromatic heterocycles. The Labute approximate surface area is 92.1 Å². The van der Waals surface area contributed by atoms with Crippen LogP contribution in [0.1, 0.15) is 10.5 Å². The Balaban J connectivity index is 2.17. The molecule has 0 aromatic carbocycles. The minimum atomic E-state index is -0.293. The fraction of sp³-hybridized carbons (Fsp3) is 0.100. The summed E-state index contributed by atoms with van der Waals surface area (Å²) in [4.78, 5) is 15.5. The number of amides is 1. The van der Waals surface area contributed by atoms with Gasteiger partial charge in [-0.1, -0.05) is 0 Å². The summed E-state index contributed by atoms with van der Waals surface area (Å²) in [7, 11) is 1.75. The number of nitrogen functional groups attached to an aromatic ring is 1. The summed E-state index contributed by atoms with van der Waals surface area (Å²) in [5.74, 6) is -0.293. The summed E-state index contributed by atoms with van der Waals surface area (Å²) in [5.41, 5.74) is 6.95. The Kier molecular flexibility index (Phi) is 2.55. The number of aromatic nitrogens is 3. The van der Waals surface area contributed by atoms with Gasteiger partial charge in [-0.2, -0.15) is 5.10 Å². The molecule has 1 amide bonds. The van der Waals surface area contributed by atoms with Crippen LogP contribution in [-0.4, -0.2) is 20.7 Å². The number of nitrogens with zero attached hydrogens (tertiary/aromatic N) is 3. The summed E-state index contributed by atoms with van der Waals surface area (Å²) < 4.78 is 1.56. The number of hydrogen-bond donors (Lipinski definition) is 2. The van der Waals surface area contributed by atoms with Crippen molar-refractivity contribution in [3.8, 4) is 0 Å². The number of rotatable bonds is 2. The quantitative estimate of drug-likeness (QED) is 0.773. The lowest BCUT2D eigenvalue weighted by molar-refractivity contribution is 0.102. The van der Waals surface area contributed by atoms with E-state index in [-0.39, 0.29) is 5.91 Å². The Morgan fingerprint density at radius 3 is 2.94 bits per heavy atom. The van der Waals surface area contributed by atoms with Crippen molar-refractivity contribution in [2.75, 3.05) is 11.1 Å². The van der Waals surface area contributed by atoms with Crippen LogP contribution in [0.15, 0.2) is 30.7 Å². The highest BCUT2D eigenvalue weighted by atomic mass is 16.1. The third-order valence-corrected chi connectivity index (χ3v) is 2.05. The third-order valence-electron chi connectivity index (χ3n) is 2.05. The average molecular weight is 217 g/mol. The summed E-state index contributed by atoms with van der Waals surface area (Å²) in [5, 5.41) is 6.64. The predicted octanol–water partition coefficient (Wildman–Crippen LogP) is 0.650. The van der Waals surface area contributed by atoms with Gasteiger partial charge in [-0.05, 0) is 12.1 Å². The number of hydrogen-bond acceptors (Lipinski definition) is 4. The topological polar surface area (TPSA) is 85.8 Å². The van der Waals surface area contributed by atoms with Crippen molar-refractivity contribution in [1.29, 1.82) is 0 Å². The van der Waals surface area contributed by atoms with Crippen molar-refractivity contribution in [1.82, 2.24) is 14.8 Å². The zero-order valence-electron chi connectivity index (χ0n) is 8.71. The van der Waals surface area contributed by atoms with Crippen LogP contribution in [0.2, 0.25) is 0 Å². The Morgan fingerprint density at radius 2 is 2.31 bits per heavy atom. The number of carbonyl (C=O) groups excluding carboxylic acids is 1. The summed E-state index contributed by atoms with van der Waals surface area (Å²) in [6.45, 7) is 0. The molecule has 0 bridgehead atoms. The standard InChI is InChI=1S/C10H11N5O/c1-15-5-3-9(14-15)10(16)13-8-2-4-12-6-7(8)11/h2-6H,11H2,1H3,(H,12,13,16). The molecule has 0 radical (unpaired) electrons. The SMILES string of the molecule is Cn1ccc(C(=O)Nc2ccncc2N)n1. The van der Waals surface area contributed by atoms with Crippen LogP contribution in [-0.2, 0) is 7.05 Å². The number of nitrogens with one attached hydrogen (secondary N) is 1. The molecule has 6 heteroatoms. The summed E-state index contributed by atoms with van der Waals surface area (Å²) in [6.07, 6.45) is 4.74. The molecule has 0 saturated heterocycles. The normalized spacial score (nSPS) is 10.1. The van der Waals surface area contributed by atoms with Crippen molar-refractivity contribution in [3.63, 3.8) is 0 Å². The van der Waals surface area contributed by atoms with Crippen LogP contribution >= 0.6 is 0 Å². The van der Waals surface area contributed by atoms with Crippen molar-refractivity contribution >= 4 is 17.3 Å². The molecule has 3 N–H and O–H groups in total. The second-order valence-electron chi connectivity index (χ2n) is 3.29. The van der Waals surface area contributed by atoms with E-state index in [0.29, 0.717) is 17.1 Å². The van der Waals surface area contributed by atoms with Crippen LogP contribution in [0.4, 0.5) is 11.4 Å². The van der Waals surface area contributed by atoms with Crippen molar-refractivity contribution < 1.29 is 4.79 Å². The van der Waals surface area contributed by atoms with Crippen LogP contribution in [0.25, 0.3) is 0 Å². The van der Waals surface area contributed by atoms with E-state index in [1.807, 2.05) is 0 Å². The molecular formula is C10H11N5O. The molecule has 0 atom stereocenters. The highest BCUT2D eigenvalue weighted by Crippen LogP contribution is 2.15. The Morgan fingerprint density at radius 1 is 1.50 bits per heavy atom. The fourth-order valence-electron chi connectivity index (χ4n) is 1.24. The van der Waals surface area contributed by atoms with Crippen LogP contribution in [0, 0.1) is 0 Å². The highest BCUT2D eigenvalue weighted by molar-refractivity contribution is 6.04. The van der Waals surface area contributed by atoms with Crippen LogP contribution in [0.3, 0.4) is 0 Å². The Hall–Kier alpha value is -2.37. The molecule has 2 heterocycles. The van der Waals surface area contributed by atoms with Gasteiger partial charge in [-0.3, -0.25) is 14.5 Å². The fourth-order valence-corrected chi connectivity index (χ4v) is 1.24. The molecule has 0 aliphatic rings. The first kappa shape index (κ1) is 10.2. The first-order valence-electron chi connectivity index (χ1n) is 4.67. The first-order valence-corrected chi connectivity index (χ1v) is 4.67. The van der Waals surface area contributed by atoms with E-state index in [9.17, 15) is 4.79 Å². The van der Waals surface area contributed by atoms with Crippen molar-refractivity contribution in [2.45, 2.75) is 0 Å². The minimum absolute atomic E-state index is 0.293. The van der Waals surface area contributed by atoms with E-state index in [2.05, 4.69) is 15.4 Å². The number of pyridine rings is 1. The molecule has 0 saturated carbocycles. The molecular weight excluding hydrogens is 206 g/mol. The average Bonchev–Trinajstić information content (AvgIpc) is 2.68. The number of nitrogens with two attached hydrogens (primary N) is 1. The summed E-state index contributed by atoms with van der Waals surface area (Å²) >= 11 is 0. The van der Waals surface area contributed by atoms with E-state index in [1.165, 1.54) is 6.20 Å². The number of anilines is 2. The zero-order valence-corrected chi connectivity index (χ0v) is 8.71. The van der Waals surface area contributed by atoms with Crippen molar-refractivity contribution in [3.05, 3.63) is 36.4 Å².